The van der Waals surface area contributed by atoms with E-state index in [2.05, 4.69) is 6.58 Å². The number of benzene rings is 2. The third kappa shape index (κ3) is 5.05. The number of aliphatic hydroxyl groups excluding tert-OH is 1. The molecule has 0 aliphatic carbocycles. The van der Waals surface area contributed by atoms with E-state index in [1.165, 1.54) is 4.31 Å². The van der Waals surface area contributed by atoms with Gasteiger partial charge in [0, 0.05) is 6.54 Å². The van der Waals surface area contributed by atoms with E-state index in [1.807, 2.05) is 25.1 Å². The average molecular weight is 357 g/mol. The highest BCUT2D eigenvalue weighted by molar-refractivity contribution is 7.92. The van der Waals surface area contributed by atoms with Crippen LogP contribution in [0.2, 0.25) is 0 Å². The zero-order chi connectivity index (χ0) is 18.3. The van der Waals surface area contributed by atoms with Crippen molar-refractivity contribution in [3.05, 3.63) is 84.5 Å². The Balaban J connectivity index is 2.33. The second kappa shape index (κ2) is 8.65. The molecule has 0 bridgehead atoms. The molecule has 0 fully saturated rings. The van der Waals surface area contributed by atoms with Crippen molar-refractivity contribution < 1.29 is 13.5 Å². The summed E-state index contributed by atoms with van der Waals surface area (Å²) < 4.78 is 27.6. The minimum atomic E-state index is -3.67. The molecule has 0 aromatic heterocycles. The predicted octanol–water partition coefficient (Wildman–Crippen LogP) is 3.69. The molecule has 4 nitrogen and oxygen atoms in total. The van der Waals surface area contributed by atoms with Gasteiger partial charge in [-0.1, -0.05) is 60.2 Å². The van der Waals surface area contributed by atoms with Gasteiger partial charge in [0.05, 0.1) is 17.2 Å². The Kier molecular flexibility index (Phi) is 6.56. The lowest BCUT2D eigenvalue weighted by Crippen LogP contribution is -2.32. The number of allylic oxidation sites excluding steroid dienone is 1. The molecule has 0 saturated carbocycles. The van der Waals surface area contributed by atoms with E-state index in [0.29, 0.717) is 12.1 Å². The van der Waals surface area contributed by atoms with E-state index >= 15 is 0 Å². The van der Waals surface area contributed by atoms with Gasteiger partial charge >= 0.3 is 0 Å². The fourth-order valence-corrected chi connectivity index (χ4v) is 3.83. The van der Waals surface area contributed by atoms with Crippen LogP contribution in [0, 0.1) is 6.92 Å². The molecule has 25 heavy (non-hydrogen) atoms. The van der Waals surface area contributed by atoms with Crippen LogP contribution in [-0.4, -0.2) is 26.7 Å². The van der Waals surface area contributed by atoms with Crippen LogP contribution >= 0.6 is 0 Å². The minimum absolute atomic E-state index is 0.0664. The van der Waals surface area contributed by atoms with Crippen LogP contribution < -0.4 is 4.31 Å². The number of sulfonamides is 1. The monoisotopic (exact) mass is 357 g/mol. The molecule has 0 unspecified atom stereocenters. The van der Waals surface area contributed by atoms with Gasteiger partial charge in [0.15, 0.2) is 0 Å². The quantitative estimate of drug-likeness (QED) is 0.733. The molecule has 5 heteroatoms. The van der Waals surface area contributed by atoms with Crippen molar-refractivity contribution in [1.29, 1.82) is 0 Å². The largest absolute Gasteiger partial charge is 0.392 e. The Morgan fingerprint density at radius 2 is 1.76 bits per heavy atom. The lowest BCUT2D eigenvalue weighted by Gasteiger charge is -2.24. The topological polar surface area (TPSA) is 57.6 Å². The second-order valence-corrected chi connectivity index (χ2v) is 7.58. The maximum absolute atomic E-state index is 13.1. The maximum Gasteiger partial charge on any atom is 0.264 e. The molecule has 0 aliphatic rings. The number of hydrogen-bond acceptors (Lipinski definition) is 3. The van der Waals surface area contributed by atoms with Crippen LogP contribution in [0.1, 0.15) is 12.0 Å². The lowest BCUT2D eigenvalue weighted by atomic mass is 10.2. The average Bonchev–Trinajstić information content (AvgIpc) is 2.61. The van der Waals surface area contributed by atoms with Crippen molar-refractivity contribution in [1.82, 2.24) is 0 Å². The molecule has 2 aromatic rings. The van der Waals surface area contributed by atoms with Crippen LogP contribution in [0.4, 0.5) is 5.69 Å². The predicted molar refractivity (Wildman–Crippen MR) is 102 cm³/mol. The van der Waals surface area contributed by atoms with Crippen LogP contribution in [0.25, 0.3) is 0 Å². The fraction of sp³-hybridized carbons (Fsp3) is 0.200. The van der Waals surface area contributed by atoms with Gasteiger partial charge in [-0.3, -0.25) is 4.31 Å². The molecule has 0 amide bonds. The third-order valence-electron chi connectivity index (χ3n) is 3.75. The normalized spacial score (nSPS) is 11.6. The summed E-state index contributed by atoms with van der Waals surface area (Å²) >= 11 is 0. The molecule has 0 radical (unpaired) electrons. The summed E-state index contributed by atoms with van der Waals surface area (Å²) in [5.74, 6) is 0. The number of aliphatic hydroxyl groups is 1. The van der Waals surface area contributed by atoms with Gasteiger partial charge in [-0.2, -0.15) is 0 Å². The number of aryl methyl sites for hydroxylation is 1. The summed E-state index contributed by atoms with van der Waals surface area (Å²) in [5.41, 5.74) is 2.38. The van der Waals surface area contributed by atoms with E-state index < -0.39 is 10.0 Å². The van der Waals surface area contributed by atoms with Crippen molar-refractivity contribution in [3.63, 3.8) is 0 Å². The Morgan fingerprint density at radius 1 is 1.12 bits per heavy atom. The molecule has 132 valence electrons. The fourth-order valence-electron chi connectivity index (χ4n) is 2.37. The number of hydrogen-bond donors (Lipinski definition) is 1. The number of anilines is 1. The van der Waals surface area contributed by atoms with Gasteiger partial charge in [0.25, 0.3) is 10.0 Å². The first-order chi connectivity index (χ1) is 11.9. The SMILES string of the molecule is C=C(/C=C\CO)CCN(c1ccccc1)S(=O)(=O)c1ccc(C)cc1. The van der Waals surface area contributed by atoms with Crippen molar-refractivity contribution in [2.75, 3.05) is 17.5 Å². The highest BCUT2D eigenvalue weighted by atomic mass is 32.2. The summed E-state index contributed by atoms with van der Waals surface area (Å²) in [6, 6.07) is 15.9. The van der Waals surface area contributed by atoms with Gasteiger partial charge in [-0.05, 0) is 37.6 Å². The van der Waals surface area contributed by atoms with Crippen LogP contribution in [0.5, 0.6) is 0 Å². The van der Waals surface area contributed by atoms with Gasteiger partial charge in [0.1, 0.15) is 0 Å². The lowest BCUT2D eigenvalue weighted by molar-refractivity contribution is 0.342. The molecular weight excluding hydrogens is 334 g/mol. The minimum Gasteiger partial charge on any atom is -0.392 e. The Morgan fingerprint density at radius 3 is 2.36 bits per heavy atom. The number of para-hydroxylation sites is 1. The third-order valence-corrected chi connectivity index (χ3v) is 5.59. The summed E-state index contributed by atoms with van der Waals surface area (Å²) in [7, 11) is -3.67. The zero-order valence-corrected chi connectivity index (χ0v) is 15.1. The van der Waals surface area contributed by atoms with Crippen LogP contribution in [0.15, 0.2) is 83.8 Å². The highest BCUT2D eigenvalue weighted by Crippen LogP contribution is 2.24. The van der Waals surface area contributed by atoms with Crippen molar-refractivity contribution in [3.8, 4) is 0 Å². The molecule has 0 atom stereocenters. The van der Waals surface area contributed by atoms with Gasteiger partial charge < -0.3 is 5.11 Å². The second-order valence-electron chi connectivity index (χ2n) is 5.72. The molecule has 1 N–H and O–H groups in total. The molecule has 0 saturated heterocycles. The molecular formula is C20H23NO3S. The Bertz CT molecular complexity index is 825. The molecule has 0 aliphatic heterocycles. The highest BCUT2D eigenvalue weighted by Gasteiger charge is 2.24. The van der Waals surface area contributed by atoms with E-state index in [4.69, 9.17) is 5.11 Å². The smallest absolute Gasteiger partial charge is 0.264 e. The summed E-state index contributed by atoms with van der Waals surface area (Å²) in [4.78, 5) is 0.262. The van der Waals surface area contributed by atoms with Gasteiger partial charge in [0.2, 0.25) is 0 Å². The van der Waals surface area contributed by atoms with Gasteiger partial charge in [-0.15, -0.1) is 0 Å². The molecule has 2 rings (SSSR count). The van der Waals surface area contributed by atoms with E-state index in [9.17, 15) is 8.42 Å². The first-order valence-electron chi connectivity index (χ1n) is 8.05. The number of nitrogens with zero attached hydrogens (tertiary/aromatic N) is 1. The van der Waals surface area contributed by atoms with E-state index in [0.717, 1.165) is 11.1 Å². The van der Waals surface area contributed by atoms with Gasteiger partial charge in [-0.25, -0.2) is 8.42 Å². The zero-order valence-electron chi connectivity index (χ0n) is 14.3. The van der Waals surface area contributed by atoms with E-state index in [1.54, 1.807) is 48.6 Å². The van der Waals surface area contributed by atoms with Crippen molar-refractivity contribution >= 4 is 15.7 Å². The first kappa shape index (κ1) is 19.0. The maximum atomic E-state index is 13.1. The number of rotatable bonds is 8. The summed E-state index contributed by atoms with van der Waals surface area (Å²) in [5, 5.41) is 8.84. The molecule has 0 spiro atoms. The molecule has 0 heterocycles. The molecule has 2 aromatic carbocycles. The van der Waals surface area contributed by atoms with E-state index in [-0.39, 0.29) is 18.0 Å². The standard InChI is InChI=1S/C20H23NO3S/c1-17(7-6-16-22)14-15-21(19-8-4-3-5-9-19)25(23,24)20-12-10-18(2)11-13-20/h3-13,22H,1,14-16H2,2H3/b7-6-. The van der Waals surface area contributed by atoms with Crippen LogP contribution in [-0.2, 0) is 10.0 Å². The Hall–Kier alpha value is -2.37. The summed E-state index contributed by atoms with van der Waals surface area (Å²) in [6.07, 6.45) is 3.77. The Labute approximate surface area is 149 Å². The summed E-state index contributed by atoms with van der Waals surface area (Å²) in [6.45, 7) is 6.03. The first-order valence-corrected chi connectivity index (χ1v) is 9.49. The van der Waals surface area contributed by atoms with Crippen molar-refractivity contribution in [2.24, 2.45) is 0 Å². The van der Waals surface area contributed by atoms with Crippen molar-refractivity contribution in [2.45, 2.75) is 18.2 Å². The van der Waals surface area contributed by atoms with Crippen LogP contribution in [0.3, 0.4) is 0 Å².